The molecule has 0 aliphatic heterocycles. The predicted octanol–water partition coefficient (Wildman–Crippen LogP) is 14.8. The minimum absolute atomic E-state index is 0.165. The molecule has 46 heavy (non-hydrogen) atoms. The molecule has 0 bridgehead atoms. The maximum absolute atomic E-state index is 4.73. The highest BCUT2D eigenvalue weighted by Gasteiger charge is 2.29. The van der Waals surface area contributed by atoms with Crippen molar-refractivity contribution in [3.8, 4) is 0 Å². The van der Waals surface area contributed by atoms with Crippen molar-refractivity contribution in [1.82, 2.24) is 0 Å². The Labute approximate surface area is 297 Å². The molecule has 0 amide bonds. The second kappa shape index (κ2) is 20.0. The van der Waals surface area contributed by atoms with Crippen LogP contribution in [0.2, 0.25) is 0 Å². The van der Waals surface area contributed by atoms with Crippen LogP contribution < -0.4 is 0 Å². The van der Waals surface area contributed by atoms with E-state index >= 15 is 0 Å². The van der Waals surface area contributed by atoms with Crippen LogP contribution in [0, 0.1) is 0 Å². The number of hydrogen-bond acceptors (Lipinski definition) is 4. The molecule has 0 fully saturated rings. The monoisotopic (exact) mass is 677 g/mol. The highest BCUT2D eigenvalue weighted by atomic mass is 32.1. The normalized spacial score (nSPS) is 15.6. The lowest BCUT2D eigenvalue weighted by Crippen LogP contribution is -2.15. The summed E-state index contributed by atoms with van der Waals surface area (Å²) in [5.74, 6) is 0. The molecule has 0 radical (unpaired) electrons. The third kappa shape index (κ3) is 10.4. The number of rotatable bonds is 21. The fourth-order valence-electron chi connectivity index (χ4n) is 6.34. The second-order valence-electron chi connectivity index (χ2n) is 13.9. The highest BCUT2D eigenvalue weighted by Crippen LogP contribution is 2.45. The van der Waals surface area contributed by atoms with Gasteiger partial charge in [-0.25, -0.2) is 4.40 Å². The van der Waals surface area contributed by atoms with Crippen molar-refractivity contribution in [2.24, 2.45) is 4.40 Å². The van der Waals surface area contributed by atoms with Gasteiger partial charge >= 0.3 is 0 Å². The van der Waals surface area contributed by atoms with Gasteiger partial charge in [0.2, 0.25) is 0 Å². The lowest BCUT2D eigenvalue weighted by Gasteiger charge is -2.23. The number of nitrogens with zero attached hydrogens (tertiary/aromatic N) is 1. The summed E-state index contributed by atoms with van der Waals surface area (Å²) in [6.07, 6.45) is 27.8. The SMILES string of the molecule is C=C(CCCCC)c1sc(C2=CC=C(c3cc(CCCCCC)c(C(C)(C)CC)s3)C(=NS)/C2=C\CCC)cc1CCCCCC. The number of allylic oxidation sites excluding steroid dienone is 7. The molecule has 1 aliphatic rings. The van der Waals surface area contributed by atoms with E-state index in [1.807, 2.05) is 22.7 Å². The quantitative estimate of drug-likeness (QED) is 0.0997. The van der Waals surface area contributed by atoms with Crippen LogP contribution in [0.5, 0.6) is 0 Å². The molecule has 1 aliphatic carbocycles. The molecule has 0 unspecified atom stereocenters. The summed E-state index contributed by atoms with van der Waals surface area (Å²) in [6.45, 7) is 20.9. The Balaban J connectivity index is 2.10. The van der Waals surface area contributed by atoms with Crippen molar-refractivity contribution in [3.63, 3.8) is 0 Å². The smallest absolute Gasteiger partial charge is 0.0872 e. The molecule has 0 N–H and O–H groups in total. The molecular weight excluding hydrogens is 615 g/mol. The Bertz CT molecular complexity index is 1370. The van der Waals surface area contributed by atoms with Crippen LogP contribution in [0.1, 0.15) is 175 Å². The molecule has 2 aromatic heterocycles. The summed E-state index contributed by atoms with van der Waals surface area (Å²) >= 11 is 8.58. The maximum Gasteiger partial charge on any atom is 0.0872 e. The number of thiophene rings is 2. The first kappa shape index (κ1) is 38.8. The van der Waals surface area contributed by atoms with Crippen molar-refractivity contribution in [2.75, 3.05) is 0 Å². The van der Waals surface area contributed by atoms with Gasteiger partial charge in [-0.05, 0) is 98.4 Å². The topological polar surface area (TPSA) is 12.4 Å². The van der Waals surface area contributed by atoms with Crippen molar-refractivity contribution in [2.45, 2.75) is 163 Å². The van der Waals surface area contributed by atoms with Gasteiger partial charge in [-0.2, -0.15) is 0 Å². The summed E-state index contributed by atoms with van der Waals surface area (Å²) in [4.78, 5) is 5.65. The second-order valence-corrected chi connectivity index (χ2v) is 16.2. The third-order valence-corrected chi connectivity index (χ3v) is 12.7. The summed E-state index contributed by atoms with van der Waals surface area (Å²) in [5.41, 5.74) is 9.29. The molecular formula is C42H63NS3. The van der Waals surface area contributed by atoms with Gasteiger partial charge in [0.25, 0.3) is 0 Å². The van der Waals surface area contributed by atoms with Gasteiger partial charge in [-0.3, -0.25) is 0 Å². The van der Waals surface area contributed by atoms with Crippen LogP contribution in [0.15, 0.2) is 46.9 Å². The maximum atomic E-state index is 4.73. The molecule has 0 spiro atoms. The Hall–Kier alpha value is -1.62. The molecule has 1 nitrogen and oxygen atoms in total. The molecule has 0 saturated heterocycles. The average Bonchev–Trinajstić information content (AvgIpc) is 3.69. The minimum atomic E-state index is 0.165. The average molecular weight is 678 g/mol. The van der Waals surface area contributed by atoms with Gasteiger partial charge < -0.3 is 0 Å². The predicted molar refractivity (Wildman–Crippen MR) is 216 cm³/mol. The Morgan fingerprint density at radius 3 is 1.96 bits per heavy atom. The number of hydrogen-bond donors (Lipinski definition) is 1. The van der Waals surface area contributed by atoms with Gasteiger partial charge in [0, 0.05) is 36.2 Å². The fraction of sp³-hybridized carbons (Fsp3) is 0.595. The Morgan fingerprint density at radius 1 is 0.761 bits per heavy atom. The lowest BCUT2D eigenvalue weighted by molar-refractivity contribution is 0.510. The lowest BCUT2D eigenvalue weighted by atomic mass is 9.84. The van der Waals surface area contributed by atoms with Crippen molar-refractivity contribution >= 4 is 57.9 Å². The van der Waals surface area contributed by atoms with Crippen LogP contribution in [0.4, 0.5) is 0 Å². The molecule has 4 heteroatoms. The van der Waals surface area contributed by atoms with E-state index in [1.165, 1.54) is 119 Å². The van der Waals surface area contributed by atoms with Gasteiger partial charge in [0.05, 0.1) is 5.71 Å². The molecule has 254 valence electrons. The first-order valence-corrected chi connectivity index (χ1v) is 20.6. The summed E-state index contributed by atoms with van der Waals surface area (Å²) < 4.78 is 4.73. The fourth-order valence-corrected chi connectivity index (χ4v) is 9.21. The zero-order valence-electron chi connectivity index (χ0n) is 30.3. The van der Waals surface area contributed by atoms with Crippen molar-refractivity contribution in [1.29, 1.82) is 0 Å². The number of unbranched alkanes of at least 4 members (excludes halogenated alkanes) is 9. The van der Waals surface area contributed by atoms with E-state index in [0.717, 1.165) is 44.2 Å². The molecule has 0 aromatic carbocycles. The largest absolute Gasteiger partial charge is 0.219 e. The van der Waals surface area contributed by atoms with E-state index in [0.29, 0.717) is 0 Å². The first-order valence-electron chi connectivity index (χ1n) is 18.6. The Morgan fingerprint density at radius 2 is 1.35 bits per heavy atom. The summed E-state index contributed by atoms with van der Waals surface area (Å²) in [6, 6.07) is 4.97. The van der Waals surface area contributed by atoms with Crippen LogP contribution in [0.3, 0.4) is 0 Å². The molecule has 2 aromatic rings. The van der Waals surface area contributed by atoms with Crippen LogP contribution >= 0.6 is 35.5 Å². The highest BCUT2D eigenvalue weighted by molar-refractivity contribution is 7.79. The zero-order valence-corrected chi connectivity index (χ0v) is 32.9. The van der Waals surface area contributed by atoms with Crippen molar-refractivity contribution in [3.05, 3.63) is 73.1 Å². The van der Waals surface area contributed by atoms with Crippen LogP contribution in [-0.2, 0) is 18.3 Å². The zero-order chi connectivity index (χ0) is 33.5. The standard InChI is InChI=1S/C42H63NS3/c1-9-14-18-21-24-32-29-37(45-40(32)31(6)23-20-16-11-3)34-27-28-36(39(43-44)35(34)26-17-12-4)38-30-33(25-22-19-15-10-2)41(46-38)42(7,8)13-5/h26-30,44H,6,9-25H2,1-5,7-8H3/b35-26-,43-39?. The molecule has 3 rings (SSSR count). The Kier molecular flexibility index (Phi) is 16.9. The van der Waals surface area contributed by atoms with Gasteiger partial charge in [0.1, 0.15) is 0 Å². The third-order valence-electron chi connectivity index (χ3n) is 9.60. The first-order chi connectivity index (χ1) is 22.3. The molecule has 0 saturated carbocycles. The van der Waals surface area contributed by atoms with E-state index in [-0.39, 0.29) is 5.41 Å². The molecule has 0 atom stereocenters. The van der Waals surface area contributed by atoms with E-state index in [1.54, 1.807) is 4.88 Å². The van der Waals surface area contributed by atoms with E-state index < -0.39 is 0 Å². The van der Waals surface area contributed by atoms with Gasteiger partial charge in [-0.1, -0.05) is 131 Å². The summed E-state index contributed by atoms with van der Waals surface area (Å²) in [5, 5.41) is 0. The van der Waals surface area contributed by atoms with E-state index in [9.17, 15) is 0 Å². The minimum Gasteiger partial charge on any atom is -0.219 e. The van der Waals surface area contributed by atoms with Crippen LogP contribution in [-0.4, -0.2) is 5.71 Å². The summed E-state index contributed by atoms with van der Waals surface area (Å²) in [7, 11) is 0. The van der Waals surface area contributed by atoms with Crippen LogP contribution in [0.25, 0.3) is 16.7 Å². The van der Waals surface area contributed by atoms with Gasteiger partial charge in [-0.15, -0.1) is 22.7 Å². The van der Waals surface area contributed by atoms with E-state index in [4.69, 9.17) is 4.40 Å². The van der Waals surface area contributed by atoms with Crippen molar-refractivity contribution < 1.29 is 0 Å². The van der Waals surface area contributed by atoms with E-state index in [2.05, 4.69) is 98.2 Å². The number of aryl methyl sites for hydroxylation is 2. The molecule has 2 heterocycles. The number of thiol groups is 1. The van der Waals surface area contributed by atoms with Gasteiger partial charge in [0.15, 0.2) is 0 Å².